The van der Waals surface area contributed by atoms with E-state index in [-0.39, 0.29) is 5.30 Å². The Morgan fingerprint density at radius 3 is 2.80 bits per heavy atom. The van der Waals surface area contributed by atoms with E-state index in [2.05, 4.69) is 5.10 Å². The molecule has 6 heteroatoms. The van der Waals surface area contributed by atoms with E-state index in [1.54, 1.807) is 31.3 Å². The van der Waals surface area contributed by atoms with Gasteiger partial charge in [-0.1, -0.05) is 22.9 Å². The van der Waals surface area contributed by atoms with E-state index in [4.69, 9.17) is 4.89 Å². The van der Waals surface area contributed by atoms with Crippen molar-refractivity contribution >= 4 is 23.8 Å². The molecular weight excluding hydrogens is 215 g/mol. The van der Waals surface area contributed by atoms with Crippen LogP contribution in [-0.4, -0.2) is 9.99 Å². The first-order valence-electron chi connectivity index (χ1n) is 4.28. The van der Waals surface area contributed by atoms with Crippen LogP contribution in [0.15, 0.2) is 30.5 Å². The summed E-state index contributed by atoms with van der Waals surface area (Å²) in [5.74, 6) is 0. The molecule has 1 heterocycles. The van der Waals surface area contributed by atoms with Crippen molar-refractivity contribution in [3.05, 3.63) is 30.5 Å². The fourth-order valence-corrected chi connectivity index (χ4v) is 2.25. The Balaban J connectivity index is 2.89. The van der Waals surface area contributed by atoms with Crippen molar-refractivity contribution in [2.24, 2.45) is 7.05 Å². The third-order valence-corrected chi connectivity index (χ3v) is 3.02. The number of nitrogens with zero attached hydrogens (tertiary/aromatic N) is 2. The molecule has 0 radical (unpaired) electrons. The third-order valence-electron chi connectivity index (χ3n) is 2.06. The first kappa shape index (κ1) is 10.2. The average molecular weight is 224 g/mol. The van der Waals surface area contributed by atoms with E-state index in [0.717, 1.165) is 0 Å². The fourth-order valence-electron chi connectivity index (χ4n) is 1.45. The molecule has 0 saturated carbocycles. The standard InChI is InChI=1S/C9H9N2O3P/c1-11-6-9(15(12,13)14)7-4-2-3-5-8(7)10-11/h2-6H,1H3,(H-,12,13,14). The molecule has 2 rings (SSSR count). The zero-order valence-electron chi connectivity index (χ0n) is 7.99. The second-order valence-corrected chi connectivity index (χ2v) is 4.75. The summed E-state index contributed by atoms with van der Waals surface area (Å²) >= 11 is 0. The minimum atomic E-state index is -4.50. The Morgan fingerprint density at radius 2 is 2.13 bits per heavy atom. The molecule has 1 aromatic carbocycles. The van der Waals surface area contributed by atoms with Gasteiger partial charge in [-0.25, -0.2) is 0 Å². The van der Waals surface area contributed by atoms with Crippen LogP contribution in [0.4, 0.5) is 0 Å². The normalized spacial score (nSPS) is 15.1. The van der Waals surface area contributed by atoms with Crippen molar-refractivity contribution in [3.63, 3.8) is 0 Å². The highest BCUT2D eigenvalue weighted by atomic mass is 31.2. The van der Waals surface area contributed by atoms with Crippen LogP contribution < -0.4 is 14.9 Å². The quantitative estimate of drug-likeness (QED) is 0.509. The molecule has 2 aromatic rings. The van der Waals surface area contributed by atoms with Crippen molar-refractivity contribution in [1.29, 1.82) is 0 Å². The molecule has 0 saturated heterocycles. The van der Waals surface area contributed by atoms with Gasteiger partial charge in [-0.2, -0.15) is 0 Å². The Hall–Kier alpha value is -1.29. The predicted molar refractivity (Wildman–Crippen MR) is 52.4 cm³/mol. The summed E-state index contributed by atoms with van der Waals surface area (Å²) in [5.41, 5.74) is 0.530. The highest BCUT2D eigenvalue weighted by molar-refractivity contribution is 7.59. The molecule has 1 atom stereocenters. The highest BCUT2D eigenvalue weighted by Crippen LogP contribution is 2.30. The van der Waals surface area contributed by atoms with Crippen molar-refractivity contribution in [2.75, 3.05) is 0 Å². The molecule has 0 amide bonds. The first-order chi connectivity index (χ1) is 6.98. The second-order valence-electron chi connectivity index (χ2n) is 3.23. The van der Waals surface area contributed by atoms with Gasteiger partial charge in [0.25, 0.3) is 0 Å². The van der Waals surface area contributed by atoms with Gasteiger partial charge in [-0.15, -0.1) is 0 Å². The maximum absolute atomic E-state index is 11.1. The lowest BCUT2D eigenvalue weighted by atomic mass is 10.2. The first-order valence-corrected chi connectivity index (χ1v) is 5.86. The van der Waals surface area contributed by atoms with Crippen molar-refractivity contribution in [1.82, 2.24) is 5.10 Å². The summed E-state index contributed by atoms with van der Waals surface area (Å²) in [5, 5.41) is 4.42. The molecule has 78 valence electrons. The number of fused-ring (bicyclic) bond motifs is 1. The van der Waals surface area contributed by atoms with Crippen LogP contribution in [0.5, 0.6) is 0 Å². The van der Waals surface area contributed by atoms with Gasteiger partial charge >= 0.3 is 0 Å². The van der Waals surface area contributed by atoms with Gasteiger partial charge in [0.15, 0.2) is 14.6 Å². The molecule has 0 aliphatic rings. The summed E-state index contributed by atoms with van der Waals surface area (Å²) in [4.78, 5) is 20.2. The van der Waals surface area contributed by atoms with E-state index in [0.29, 0.717) is 10.9 Å². The van der Waals surface area contributed by atoms with Crippen molar-refractivity contribution in [2.45, 2.75) is 0 Å². The van der Waals surface area contributed by atoms with Crippen LogP contribution in [0.1, 0.15) is 0 Å². The molecular formula is C9H9N2O3P. The molecule has 1 unspecified atom stereocenters. The summed E-state index contributed by atoms with van der Waals surface area (Å²) in [6, 6.07) is 6.75. The van der Waals surface area contributed by atoms with Gasteiger partial charge in [-0.05, 0) is 11.2 Å². The number of rotatable bonds is 1. The third kappa shape index (κ3) is 1.90. The summed E-state index contributed by atoms with van der Waals surface area (Å²) < 4.78 is 12.5. The van der Waals surface area contributed by atoms with Gasteiger partial charge in [-0.3, -0.25) is 0 Å². The van der Waals surface area contributed by atoms with Gasteiger partial charge in [0.1, 0.15) is 5.52 Å². The van der Waals surface area contributed by atoms with Crippen LogP contribution in [0.2, 0.25) is 0 Å². The lowest BCUT2D eigenvalue weighted by Crippen LogP contribution is -2.37. The monoisotopic (exact) mass is 224 g/mol. The zero-order valence-corrected chi connectivity index (χ0v) is 8.89. The van der Waals surface area contributed by atoms with E-state index < -0.39 is 7.60 Å². The average Bonchev–Trinajstić information content (AvgIpc) is 2.15. The Morgan fingerprint density at radius 1 is 1.47 bits per heavy atom. The molecule has 1 N–H and O–H groups in total. The minimum absolute atomic E-state index is 0.101. The largest absolute Gasteiger partial charge is 0.775 e. The molecule has 15 heavy (non-hydrogen) atoms. The predicted octanol–water partition coefficient (Wildman–Crippen LogP) is -0.770. The number of hydrogen-bond acceptors (Lipinski definition) is 3. The van der Waals surface area contributed by atoms with Crippen LogP contribution in [0.25, 0.3) is 10.9 Å². The van der Waals surface area contributed by atoms with E-state index in [1.165, 1.54) is 10.9 Å². The number of hydrogen-bond donors (Lipinski definition) is 1. The van der Waals surface area contributed by atoms with Gasteiger partial charge in [0, 0.05) is 5.39 Å². The van der Waals surface area contributed by atoms with E-state index in [1.807, 2.05) is 0 Å². The number of benzene rings is 1. The summed E-state index contributed by atoms with van der Waals surface area (Å²) in [6.07, 6.45) is 1.29. The lowest BCUT2D eigenvalue weighted by molar-refractivity contribution is -0.727. The summed E-state index contributed by atoms with van der Waals surface area (Å²) in [7, 11) is -2.90. The smallest absolute Gasteiger partial charge is 0.208 e. The van der Waals surface area contributed by atoms with Gasteiger partial charge < -0.3 is 14.4 Å². The maximum atomic E-state index is 11.1. The van der Waals surface area contributed by atoms with Crippen LogP contribution >= 0.6 is 7.60 Å². The molecule has 0 aliphatic heterocycles. The van der Waals surface area contributed by atoms with Gasteiger partial charge in [0.2, 0.25) is 6.20 Å². The highest BCUT2D eigenvalue weighted by Gasteiger charge is 2.16. The molecule has 0 fully saturated rings. The van der Waals surface area contributed by atoms with E-state index in [9.17, 15) is 9.46 Å². The maximum Gasteiger partial charge on any atom is 0.208 e. The Labute approximate surface area is 86.1 Å². The van der Waals surface area contributed by atoms with Crippen molar-refractivity contribution < 1.29 is 19.0 Å². The van der Waals surface area contributed by atoms with Crippen LogP contribution in [0.3, 0.4) is 0 Å². The Bertz CT molecular complexity index is 564. The van der Waals surface area contributed by atoms with Crippen molar-refractivity contribution in [3.8, 4) is 0 Å². The fraction of sp³-hybridized carbons (Fsp3) is 0.111. The topological polar surface area (TPSA) is 77.1 Å². The molecule has 1 aromatic heterocycles. The Kier molecular flexibility index (Phi) is 2.31. The SMILES string of the molecule is C[n+]1cc(P(=O)([O-])O)c2ccccc2n1. The van der Waals surface area contributed by atoms with Crippen LogP contribution in [-0.2, 0) is 11.6 Å². The minimum Gasteiger partial charge on any atom is -0.775 e. The van der Waals surface area contributed by atoms with E-state index >= 15 is 0 Å². The van der Waals surface area contributed by atoms with Gasteiger partial charge in [0.05, 0.1) is 5.30 Å². The molecule has 0 aliphatic carbocycles. The number of aromatic nitrogens is 2. The molecule has 0 bridgehead atoms. The van der Waals surface area contributed by atoms with Crippen LogP contribution in [0, 0.1) is 0 Å². The second kappa shape index (κ2) is 3.38. The molecule has 5 nitrogen and oxygen atoms in total. The zero-order chi connectivity index (χ0) is 11.1. The lowest BCUT2D eigenvalue weighted by Gasteiger charge is -2.15. The number of aryl methyl sites for hydroxylation is 1. The summed E-state index contributed by atoms with van der Waals surface area (Å²) in [6.45, 7) is 0. The molecule has 0 spiro atoms.